The molecule has 38 heavy (non-hydrogen) atoms. The molecule has 3 N–H and O–H groups in total. The SMILES string of the molecule is CCOC(=O)CNC(=O)[C@H](CCn1ccc(NC(=O)OCc2ccccc2)nc1=O)NC(=O)OC(C)(C)C. The molecule has 0 bridgehead atoms. The molecule has 3 amide bonds. The van der Waals surface area contributed by atoms with Crippen molar-refractivity contribution in [3.63, 3.8) is 0 Å². The van der Waals surface area contributed by atoms with E-state index in [4.69, 9.17) is 14.2 Å². The lowest BCUT2D eigenvalue weighted by Crippen LogP contribution is -2.49. The molecule has 1 aromatic carbocycles. The maximum atomic E-state index is 12.6. The Morgan fingerprint density at radius 3 is 2.37 bits per heavy atom. The molecule has 0 spiro atoms. The molecular weight excluding hydrogens is 498 g/mol. The summed E-state index contributed by atoms with van der Waals surface area (Å²) in [4.78, 5) is 64.8. The molecule has 2 aromatic rings. The average molecular weight is 532 g/mol. The van der Waals surface area contributed by atoms with Crippen LogP contribution in [0.4, 0.5) is 15.4 Å². The zero-order valence-electron chi connectivity index (χ0n) is 21.8. The number of anilines is 1. The van der Waals surface area contributed by atoms with Gasteiger partial charge in [-0.15, -0.1) is 0 Å². The number of rotatable bonds is 11. The lowest BCUT2D eigenvalue weighted by atomic mass is 10.2. The van der Waals surface area contributed by atoms with E-state index in [1.807, 2.05) is 18.2 Å². The Morgan fingerprint density at radius 1 is 1.03 bits per heavy atom. The molecule has 0 saturated heterocycles. The summed E-state index contributed by atoms with van der Waals surface area (Å²) >= 11 is 0. The summed E-state index contributed by atoms with van der Waals surface area (Å²) in [5.41, 5.74) is -0.706. The van der Waals surface area contributed by atoms with E-state index in [0.29, 0.717) is 0 Å². The van der Waals surface area contributed by atoms with E-state index in [-0.39, 0.29) is 38.5 Å². The number of alkyl carbamates (subject to hydrolysis) is 1. The molecule has 206 valence electrons. The number of carbonyl (C=O) groups excluding carboxylic acids is 4. The van der Waals surface area contributed by atoms with Gasteiger partial charge in [0.1, 0.15) is 30.6 Å². The van der Waals surface area contributed by atoms with Crippen molar-refractivity contribution in [3.8, 4) is 0 Å². The van der Waals surface area contributed by atoms with Gasteiger partial charge in [0.2, 0.25) is 5.91 Å². The molecule has 0 fully saturated rings. The van der Waals surface area contributed by atoms with Gasteiger partial charge in [-0.3, -0.25) is 19.5 Å². The fraction of sp³-hybridized carbons (Fsp3) is 0.440. The van der Waals surface area contributed by atoms with E-state index >= 15 is 0 Å². The quantitative estimate of drug-likeness (QED) is 0.290. The second-order valence-corrected chi connectivity index (χ2v) is 8.99. The number of nitrogens with one attached hydrogen (secondary N) is 3. The molecule has 1 aromatic heterocycles. The Hall–Kier alpha value is -4.42. The summed E-state index contributed by atoms with van der Waals surface area (Å²) in [5.74, 6) is -1.31. The monoisotopic (exact) mass is 531 g/mol. The first kappa shape index (κ1) is 29.8. The van der Waals surface area contributed by atoms with Crippen molar-refractivity contribution in [2.24, 2.45) is 0 Å². The Bertz CT molecular complexity index is 1160. The van der Waals surface area contributed by atoms with Crippen LogP contribution >= 0.6 is 0 Å². The second-order valence-electron chi connectivity index (χ2n) is 8.99. The predicted molar refractivity (Wildman–Crippen MR) is 136 cm³/mol. The number of aromatic nitrogens is 2. The minimum atomic E-state index is -1.13. The van der Waals surface area contributed by atoms with Gasteiger partial charge in [0.25, 0.3) is 0 Å². The van der Waals surface area contributed by atoms with Crippen LogP contribution in [0.15, 0.2) is 47.4 Å². The number of ether oxygens (including phenoxy) is 3. The van der Waals surface area contributed by atoms with Crippen molar-refractivity contribution in [1.82, 2.24) is 20.2 Å². The van der Waals surface area contributed by atoms with Crippen LogP contribution < -0.4 is 21.6 Å². The molecule has 0 unspecified atom stereocenters. The summed E-state index contributed by atoms with van der Waals surface area (Å²) in [7, 11) is 0. The molecule has 13 heteroatoms. The van der Waals surface area contributed by atoms with Crippen LogP contribution in [-0.4, -0.2) is 58.4 Å². The molecule has 0 aliphatic rings. The van der Waals surface area contributed by atoms with Crippen molar-refractivity contribution in [1.29, 1.82) is 0 Å². The van der Waals surface area contributed by atoms with Crippen molar-refractivity contribution >= 4 is 29.9 Å². The zero-order valence-corrected chi connectivity index (χ0v) is 21.8. The van der Waals surface area contributed by atoms with Gasteiger partial charge < -0.3 is 24.8 Å². The van der Waals surface area contributed by atoms with Gasteiger partial charge in [-0.05, 0) is 45.7 Å². The molecule has 0 saturated carbocycles. The Morgan fingerprint density at radius 2 is 1.74 bits per heavy atom. The Balaban J connectivity index is 1.99. The maximum absolute atomic E-state index is 12.6. The summed E-state index contributed by atoms with van der Waals surface area (Å²) in [5, 5.41) is 7.22. The van der Waals surface area contributed by atoms with Gasteiger partial charge in [-0.2, -0.15) is 4.98 Å². The fourth-order valence-electron chi connectivity index (χ4n) is 3.01. The highest BCUT2D eigenvalue weighted by atomic mass is 16.6. The third-order valence-corrected chi connectivity index (χ3v) is 4.70. The number of aryl methyl sites for hydroxylation is 1. The highest BCUT2D eigenvalue weighted by Crippen LogP contribution is 2.08. The largest absolute Gasteiger partial charge is 0.465 e. The third-order valence-electron chi connectivity index (χ3n) is 4.70. The van der Waals surface area contributed by atoms with Crippen molar-refractivity contribution in [2.75, 3.05) is 18.5 Å². The van der Waals surface area contributed by atoms with Crippen LogP contribution in [0.2, 0.25) is 0 Å². The number of esters is 1. The van der Waals surface area contributed by atoms with Crippen LogP contribution in [0, 0.1) is 0 Å². The van der Waals surface area contributed by atoms with Crippen molar-refractivity contribution in [2.45, 2.75) is 58.9 Å². The molecular formula is C25H33N5O8. The fourth-order valence-corrected chi connectivity index (χ4v) is 3.01. The standard InChI is InChI=1S/C25H33N5O8/c1-5-36-20(31)15-26-21(32)18(27-24(35)38-25(2,3)4)11-13-30-14-12-19(28-22(30)33)29-23(34)37-16-17-9-7-6-8-10-17/h6-10,12,14,18H,5,11,13,15-16H2,1-4H3,(H,26,32)(H,27,35)(H,28,29,33,34)/t18-/m0/s1. The van der Waals surface area contributed by atoms with E-state index in [1.54, 1.807) is 39.8 Å². The maximum Gasteiger partial charge on any atom is 0.413 e. The highest BCUT2D eigenvalue weighted by molar-refractivity contribution is 5.88. The van der Waals surface area contributed by atoms with Gasteiger partial charge in [0, 0.05) is 12.7 Å². The van der Waals surface area contributed by atoms with E-state index in [1.165, 1.54) is 16.8 Å². The molecule has 0 aliphatic carbocycles. The summed E-state index contributed by atoms with van der Waals surface area (Å²) in [6.07, 6.45) is -0.267. The smallest absolute Gasteiger partial charge is 0.413 e. The first-order chi connectivity index (χ1) is 18.0. The third kappa shape index (κ3) is 11.1. The first-order valence-corrected chi connectivity index (χ1v) is 11.9. The average Bonchev–Trinajstić information content (AvgIpc) is 2.84. The number of amides is 3. The number of carbonyl (C=O) groups is 4. The van der Waals surface area contributed by atoms with Gasteiger partial charge in [-0.25, -0.2) is 14.4 Å². The molecule has 2 rings (SSSR count). The van der Waals surface area contributed by atoms with Gasteiger partial charge in [0.15, 0.2) is 0 Å². The predicted octanol–water partition coefficient (Wildman–Crippen LogP) is 1.95. The minimum Gasteiger partial charge on any atom is -0.465 e. The van der Waals surface area contributed by atoms with Crippen LogP contribution in [0.1, 0.15) is 39.7 Å². The Labute approximate surface area is 219 Å². The summed E-state index contributed by atoms with van der Waals surface area (Å²) in [6.45, 7) is 6.43. The highest BCUT2D eigenvalue weighted by Gasteiger charge is 2.25. The molecule has 0 aliphatic heterocycles. The van der Waals surface area contributed by atoms with Crippen molar-refractivity contribution < 1.29 is 33.4 Å². The van der Waals surface area contributed by atoms with E-state index in [9.17, 15) is 24.0 Å². The molecule has 1 atom stereocenters. The molecule has 13 nitrogen and oxygen atoms in total. The topological polar surface area (TPSA) is 167 Å². The van der Waals surface area contributed by atoms with Crippen molar-refractivity contribution in [3.05, 3.63) is 58.6 Å². The van der Waals surface area contributed by atoms with Crippen LogP contribution in [0.25, 0.3) is 0 Å². The van der Waals surface area contributed by atoms with E-state index in [2.05, 4.69) is 20.9 Å². The van der Waals surface area contributed by atoms with Gasteiger partial charge >= 0.3 is 23.8 Å². The second kappa shape index (κ2) is 14.4. The number of benzene rings is 1. The zero-order chi connectivity index (χ0) is 28.1. The van der Waals surface area contributed by atoms with Crippen LogP contribution in [0.5, 0.6) is 0 Å². The summed E-state index contributed by atoms with van der Waals surface area (Å²) in [6, 6.07) is 9.34. The van der Waals surface area contributed by atoms with Gasteiger partial charge in [-0.1, -0.05) is 30.3 Å². The molecule has 1 heterocycles. The first-order valence-electron chi connectivity index (χ1n) is 11.9. The minimum absolute atomic E-state index is 0.0140. The molecule has 0 radical (unpaired) electrons. The lowest BCUT2D eigenvalue weighted by molar-refractivity contribution is -0.143. The Kier molecular flexibility index (Phi) is 11.3. The lowest BCUT2D eigenvalue weighted by Gasteiger charge is -2.23. The normalized spacial score (nSPS) is 11.6. The number of hydrogen-bond acceptors (Lipinski definition) is 9. The van der Waals surface area contributed by atoms with E-state index < -0.39 is 41.4 Å². The van der Waals surface area contributed by atoms with Crippen LogP contribution in [0.3, 0.4) is 0 Å². The summed E-state index contributed by atoms with van der Waals surface area (Å²) < 4.78 is 16.3. The van der Waals surface area contributed by atoms with Crippen LogP contribution in [-0.2, 0) is 37.0 Å². The van der Waals surface area contributed by atoms with Gasteiger partial charge in [0.05, 0.1) is 6.61 Å². The number of nitrogens with zero attached hydrogens (tertiary/aromatic N) is 2. The number of hydrogen-bond donors (Lipinski definition) is 3. The van der Waals surface area contributed by atoms with E-state index in [0.717, 1.165) is 5.56 Å².